The predicted octanol–water partition coefficient (Wildman–Crippen LogP) is 2.28. The minimum atomic E-state index is -4.29. The predicted molar refractivity (Wildman–Crippen MR) is 54.3 cm³/mol. The standard InChI is InChI=1S/C11H12F3NO/c12-11(13,14)8-1-3-9(4-2-8)15-6-5-10(16)7-15/h1-4,10,16H,5-7H2. The van der Waals surface area contributed by atoms with Crippen molar-refractivity contribution in [3.05, 3.63) is 29.8 Å². The Hall–Kier alpha value is -1.23. The van der Waals surface area contributed by atoms with E-state index in [4.69, 9.17) is 0 Å². The van der Waals surface area contributed by atoms with Crippen LogP contribution in [0.1, 0.15) is 12.0 Å². The second-order valence-electron chi connectivity index (χ2n) is 3.93. The van der Waals surface area contributed by atoms with Gasteiger partial charge in [0.15, 0.2) is 0 Å². The molecular formula is C11H12F3NO. The molecule has 5 heteroatoms. The van der Waals surface area contributed by atoms with E-state index in [-0.39, 0.29) is 6.10 Å². The molecule has 0 spiro atoms. The molecule has 1 N–H and O–H groups in total. The summed E-state index contributed by atoms with van der Waals surface area (Å²) in [6.07, 6.45) is -3.99. The lowest BCUT2D eigenvalue weighted by Crippen LogP contribution is -2.21. The zero-order valence-electron chi connectivity index (χ0n) is 8.54. The number of aliphatic hydroxyl groups is 1. The van der Waals surface area contributed by atoms with Crippen molar-refractivity contribution in [2.24, 2.45) is 0 Å². The van der Waals surface area contributed by atoms with Crippen LogP contribution in [0.3, 0.4) is 0 Å². The van der Waals surface area contributed by atoms with Crippen molar-refractivity contribution in [1.82, 2.24) is 0 Å². The quantitative estimate of drug-likeness (QED) is 0.801. The fraction of sp³-hybridized carbons (Fsp3) is 0.455. The van der Waals surface area contributed by atoms with Gasteiger partial charge < -0.3 is 10.0 Å². The van der Waals surface area contributed by atoms with Gasteiger partial charge in [0, 0.05) is 18.8 Å². The van der Waals surface area contributed by atoms with Crippen molar-refractivity contribution in [2.75, 3.05) is 18.0 Å². The fourth-order valence-electron chi connectivity index (χ4n) is 1.84. The van der Waals surface area contributed by atoms with E-state index in [1.54, 1.807) is 0 Å². The third-order valence-electron chi connectivity index (χ3n) is 2.72. The zero-order valence-corrected chi connectivity index (χ0v) is 8.54. The molecule has 0 aromatic heterocycles. The highest BCUT2D eigenvalue weighted by Gasteiger charge is 2.30. The molecule has 16 heavy (non-hydrogen) atoms. The molecule has 1 heterocycles. The zero-order chi connectivity index (χ0) is 11.8. The molecule has 1 unspecified atom stereocenters. The maximum Gasteiger partial charge on any atom is 0.416 e. The van der Waals surface area contributed by atoms with Crippen LogP contribution in [0.5, 0.6) is 0 Å². The maximum absolute atomic E-state index is 12.3. The van der Waals surface area contributed by atoms with Gasteiger partial charge in [0.05, 0.1) is 11.7 Å². The van der Waals surface area contributed by atoms with Gasteiger partial charge in [0.25, 0.3) is 0 Å². The molecule has 1 aromatic carbocycles. The summed E-state index contributed by atoms with van der Waals surface area (Å²) in [7, 11) is 0. The van der Waals surface area contributed by atoms with Crippen LogP contribution in [0, 0.1) is 0 Å². The van der Waals surface area contributed by atoms with Crippen LogP contribution in [-0.2, 0) is 6.18 Å². The van der Waals surface area contributed by atoms with Crippen molar-refractivity contribution in [1.29, 1.82) is 0 Å². The van der Waals surface area contributed by atoms with E-state index in [0.717, 1.165) is 17.8 Å². The number of benzene rings is 1. The molecule has 2 rings (SSSR count). The molecule has 0 saturated carbocycles. The molecule has 0 amide bonds. The number of halogens is 3. The fourth-order valence-corrected chi connectivity index (χ4v) is 1.84. The molecule has 1 atom stereocenters. The van der Waals surface area contributed by atoms with Gasteiger partial charge in [-0.15, -0.1) is 0 Å². The van der Waals surface area contributed by atoms with Gasteiger partial charge in [-0.05, 0) is 30.7 Å². The molecule has 0 aliphatic carbocycles. The lowest BCUT2D eigenvalue weighted by Gasteiger charge is -2.18. The summed E-state index contributed by atoms with van der Waals surface area (Å²) in [4.78, 5) is 1.88. The number of β-amino-alcohol motifs (C(OH)–C–C–N with tert-alkyl or cyclic N) is 1. The average molecular weight is 231 g/mol. The highest BCUT2D eigenvalue weighted by atomic mass is 19.4. The van der Waals surface area contributed by atoms with E-state index >= 15 is 0 Å². The first-order chi connectivity index (χ1) is 7.47. The lowest BCUT2D eigenvalue weighted by atomic mass is 10.2. The molecule has 1 aliphatic heterocycles. The van der Waals surface area contributed by atoms with E-state index in [9.17, 15) is 18.3 Å². The second kappa shape index (κ2) is 3.97. The topological polar surface area (TPSA) is 23.5 Å². The summed E-state index contributed by atoms with van der Waals surface area (Å²) in [5.74, 6) is 0. The molecule has 2 nitrogen and oxygen atoms in total. The van der Waals surface area contributed by atoms with Gasteiger partial charge in [0.1, 0.15) is 0 Å². The third kappa shape index (κ3) is 2.29. The monoisotopic (exact) mass is 231 g/mol. The van der Waals surface area contributed by atoms with E-state index in [2.05, 4.69) is 0 Å². The first-order valence-electron chi connectivity index (χ1n) is 5.07. The Balaban J connectivity index is 2.14. The van der Waals surface area contributed by atoms with E-state index in [0.29, 0.717) is 19.5 Å². The molecule has 88 valence electrons. The van der Waals surface area contributed by atoms with Crippen LogP contribution in [0.15, 0.2) is 24.3 Å². The smallest absolute Gasteiger partial charge is 0.391 e. The highest BCUT2D eigenvalue weighted by Crippen LogP contribution is 2.31. The minimum Gasteiger partial charge on any atom is -0.391 e. The summed E-state index contributed by atoms with van der Waals surface area (Å²) in [5, 5.41) is 9.32. The van der Waals surface area contributed by atoms with Gasteiger partial charge in [-0.25, -0.2) is 0 Å². The first-order valence-corrected chi connectivity index (χ1v) is 5.07. The molecule has 0 radical (unpaired) electrons. The average Bonchev–Trinajstić information content (AvgIpc) is 2.64. The van der Waals surface area contributed by atoms with Crippen molar-refractivity contribution >= 4 is 5.69 Å². The largest absolute Gasteiger partial charge is 0.416 e. The summed E-state index contributed by atoms with van der Waals surface area (Å²) in [6, 6.07) is 5.03. The Morgan fingerprint density at radius 1 is 1.19 bits per heavy atom. The molecule has 0 bridgehead atoms. The van der Waals surface area contributed by atoms with Gasteiger partial charge >= 0.3 is 6.18 Å². The SMILES string of the molecule is OC1CCN(c2ccc(C(F)(F)F)cc2)C1. The Bertz CT molecular complexity index is 360. The van der Waals surface area contributed by atoms with Crippen molar-refractivity contribution in [2.45, 2.75) is 18.7 Å². The Labute approximate surface area is 91.3 Å². The van der Waals surface area contributed by atoms with Gasteiger partial charge in [0.2, 0.25) is 0 Å². The summed E-state index contributed by atoms with van der Waals surface area (Å²) < 4.78 is 36.9. The molecule has 1 fully saturated rings. The van der Waals surface area contributed by atoms with Crippen molar-refractivity contribution in [3.8, 4) is 0 Å². The highest BCUT2D eigenvalue weighted by molar-refractivity contribution is 5.49. The number of aliphatic hydroxyl groups excluding tert-OH is 1. The Morgan fingerprint density at radius 3 is 2.25 bits per heavy atom. The number of nitrogens with zero attached hydrogens (tertiary/aromatic N) is 1. The number of anilines is 1. The Kier molecular flexibility index (Phi) is 2.80. The number of hydrogen-bond acceptors (Lipinski definition) is 2. The molecule has 1 aromatic rings. The van der Waals surface area contributed by atoms with Gasteiger partial charge in [-0.1, -0.05) is 0 Å². The number of hydrogen-bond donors (Lipinski definition) is 1. The maximum atomic E-state index is 12.3. The van der Waals surface area contributed by atoms with Crippen LogP contribution < -0.4 is 4.90 Å². The molecule has 1 saturated heterocycles. The Morgan fingerprint density at radius 2 is 1.81 bits per heavy atom. The van der Waals surface area contributed by atoms with Crippen LogP contribution in [0.4, 0.5) is 18.9 Å². The summed E-state index contributed by atoms with van der Waals surface area (Å²) in [6.45, 7) is 1.18. The van der Waals surface area contributed by atoms with E-state index in [1.165, 1.54) is 12.1 Å². The first kappa shape index (κ1) is 11.3. The summed E-state index contributed by atoms with van der Waals surface area (Å²) >= 11 is 0. The summed E-state index contributed by atoms with van der Waals surface area (Å²) in [5.41, 5.74) is 0.0838. The third-order valence-corrected chi connectivity index (χ3v) is 2.72. The van der Waals surface area contributed by atoms with Crippen molar-refractivity contribution in [3.63, 3.8) is 0 Å². The van der Waals surface area contributed by atoms with Crippen LogP contribution in [0.2, 0.25) is 0 Å². The second-order valence-corrected chi connectivity index (χ2v) is 3.93. The van der Waals surface area contributed by atoms with Gasteiger partial charge in [-0.3, -0.25) is 0 Å². The van der Waals surface area contributed by atoms with Crippen molar-refractivity contribution < 1.29 is 18.3 Å². The van der Waals surface area contributed by atoms with Crippen LogP contribution in [-0.4, -0.2) is 24.3 Å². The minimum absolute atomic E-state index is 0.373. The van der Waals surface area contributed by atoms with E-state index in [1.807, 2.05) is 4.90 Å². The number of alkyl halides is 3. The lowest BCUT2D eigenvalue weighted by molar-refractivity contribution is -0.137. The molecular weight excluding hydrogens is 219 g/mol. The molecule has 1 aliphatic rings. The normalized spacial score (nSPS) is 21.5. The number of rotatable bonds is 1. The van der Waals surface area contributed by atoms with Crippen LogP contribution in [0.25, 0.3) is 0 Å². The van der Waals surface area contributed by atoms with E-state index < -0.39 is 11.7 Å². The van der Waals surface area contributed by atoms with Crippen LogP contribution >= 0.6 is 0 Å². The van der Waals surface area contributed by atoms with Gasteiger partial charge in [-0.2, -0.15) is 13.2 Å².